The molecule has 3 amide bonds. The standard InChI is InChI=1S/C18H25N7O3/c1-10-16(11(2)24(4)23-10)12-8-13(22-21-12)17(27)20-9-15(26)25-7-5-6-14(25)18(28)19-3/h8,14H,5-7,9H2,1-4H3,(H,19,28)(H,20,27)(H,21,22). The zero-order chi connectivity index (χ0) is 20.4. The van der Waals surface area contributed by atoms with E-state index < -0.39 is 11.9 Å². The van der Waals surface area contributed by atoms with Gasteiger partial charge in [0.2, 0.25) is 11.8 Å². The lowest BCUT2D eigenvalue weighted by molar-refractivity contribution is -0.137. The van der Waals surface area contributed by atoms with E-state index in [4.69, 9.17) is 0 Å². The molecule has 0 aromatic carbocycles. The van der Waals surface area contributed by atoms with Crippen molar-refractivity contribution in [3.8, 4) is 11.3 Å². The average Bonchev–Trinajstić information content (AvgIpc) is 3.39. The highest BCUT2D eigenvalue weighted by Crippen LogP contribution is 2.25. The lowest BCUT2D eigenvalue weighted by atomic mass is 10.1. The molecule has 0 bridgehead atoms. The molecule has 0 aliphatic carbocycles. The highest BCUT2D eigenvalue weighted by atomic mass is 16.2. The van der Waals surface area contributed by atoms with E-state index >= 15 is 0 Å². The number of aryl methyl sites for hydroxylation is 2. The van der Waals surface area contributed by atoms with Crippen molar-refractivity contribution in [3.05, 3.63) is 23.1 Å². The molecule has 3 N–H and O–H groups in total. The molecule has 150 valence electrons. The quantitative estimate of drug-likeness (QED) is 0.660. The zero-order valence-electron chi connectivity index (χ0n) is 16.5. The lowest BCUT2D eigenvalue weighted by Crippen LogP contribution is -2.48. The maximum atomic E-state index is 12.4. The fourth-order valence-electron chi connectivity index (χ4n) is 3.57. The molecule has 2 aromatic heterocycles. The number of rotatable bonds is 5. The van der Waals surface area contributed by atoms with Crippen LogP contribution in [-0.4, -0.2) is 68.8 Å². The number of hydrogen-bond acceptors (Lipinski definition) is 5. The fourth-order valence-corrected chi connectivity index (χ4v) is 3.57. The summed E-state index contributed by atoms with van der Waals surface area (Å²) in [5, 5.41) is 16.4. The van der Waals surface area contributed by atoms with Crippen LogP contribution in [0.5, 0.6) is 0 Å². The minimum atomic E-state index is -0.468. The van der Waals surface area contributed by atoms with Gasteiger partial charge in [-0.1, -0.05) is 0 Å². The highest BCUT2D eigenvalue weighted by Gasteiger charge is 2.33. The van der Waals surface area contributed by atoms with Gasteiger partial charge < -0.3 is 15.5 Å². The number of aromatic amines is 1. The Hall–Kier alpha value is -3.17. The summed E-state index contributed by atoms with van der Waals surface area (Å²) < 4.78 is 1.76. The van der Waals surface area contributed by atoms with E-state index in [1.165, 1.54) is 4.90 Å². The molecule has 3 rings (SSSR count). The second-order valence-corrected chi connectivity index (χ2v) is 6.88. The Morgan fingerprint density at radius 3 is 2.71 bits per heavy atom. The predicted octanol–water partition coefficient (Wildman–Crippen LogP) is -0.106. The largest absolute Gasteiger partial charge is 0.357 e. The maximum absolute atomic E-state index is 12.4. The number of likely N-dealkylation sites (N-methyl/N-ethyl adjacent to an activating group) is 1. The van der Waals surface area contributed by atoms with E-state index in [0.29, 0.717) is 18.7 Å². The number of amides is 3. The minimum Gasteiger partial charge on any atom is -0.357 e. The van der Waals surface area contributed by atoms with Gasteiger partial charge >= 0.3 is 0 Å². The second kappa shape index (κ2) is 7.83. The summed E-state index contributed by atoms with van der Waals surface area (Å²) in [5.41, 5.74) is 3.52. The molecule has 1 unspecified atom stereocenters. The van der Waals surface area contributed by atoms with E-state index in [0.717, 1.165) is 23.4 Å². The first-order chi connectivity index (χ1) is 13.3. The van der Waals surface area contributed by atoms with Crippen molar-refractivity contribution < 1.29 is 14.4 Å². The molecule has 0 saturated carbocycles. The summed E-state index contributed by atoms with van der Waals surface area (Å²) in [5.74, 6) is -0.891. The van der Waals surface area contributed by atoms with Gasteiger partial charge in [0.05, 0.1) is 17.9 Å². The molecule has 1 aliphatic heterocycles. The van der Waals surface area contributed by atoms with Crippen LogP contribution in [-0.2, 0) is 16.6 Å². The first-order valence-corrected chi connectivity index (χ1v) is 9.18. The number of carbonyl (C=O) groups excluding carboxylic acids is 3. The van der Waals surface area contributed by atoms with Crippen LogP contribution in [0.15, 0.2) is 6.07 Å². The molecule has 1 fully saturated rings. The summed E-state index contributed by atoms with van der Waals surface area (Å²) in [7, 11) is 3.40. The number of H-pyrrole nitrogens is 1. The monoisotopic (exact) mass is 387 g/mol. The van der Waals surface area contributed by atoms with Crippen molar-refractivity contribution in [3.63, 3.8) is 0 Å². The molecule has 1 saturated heterocycles. The van der Waals surface area contributed by atoms with Gasteiger partial charge in [0.15, 0.2) is 0 Å². The van der Waals surface area contributed by atoms with Crippen molar-refractivity contribution in [2.75, 3.05) is 20.1 Å². The van der Waals surface area contributed by atoms with E-state index in [-0.39, 0.29) is 24.1 Å². The van der Waals surface area contributed by atoms with Gasteiger partial charge in [-0.05, 0) is 32.8 Å². The Balaban J connectivity index is 1.64. The molecule has 1 aliphatic rings. The summed E-state index contributed by atoms with van der Waals surface area (Å²) in [6.07, 6.45) is 1.40. The van der Waals surface area contributed by atoms with Crippen molar-refractivity contribution in [2.45, 2.75) is 32.7 Å². The topological polar surface area (TPSA) is 125 Å². The summed E-state index contributed by atoms with van der Waals surface area (Å²) in [4.78, 5) is 38.2. The molecule has 28 heavy (non-hydrogen) atoms. The third-order valence-corrected chi connectivity index (χ3v) is 5.11. The van der Waals surface area contributed by atoms with Crippen LogP contribution in [0, 0.1) is 13.8 Å². The molecule has 0 radical (unpaired) electrons. The molecule has 0 spiro atoms. The van der Waals surface area contributed by atoms with Crippen LogP contribution in [0.1, 0.15) is 34.7 Å². The van der Waals surface area contributed by atoms with Gasteiger partial charge in [-0.3, -0.25) is 24.2 Å². The number of aromatic nitrogens is 4. The second-order valence-electron chi connectivity index (χ2n) is 6.88. The minimum absolute atomic E-state index is 0.175. The van der Waals surface area contributed by atoms with Gasteiger partial charge in [-0.25, -0.2) is 0 Å². The van der Waals surface area contributed by atoms with E-state index in [2.05, 4.69) is 25.9 Å². The Morgan fingerprint density at radius 1 is 1.32 bits per heavy atom. The van der Waals surface area contributed by atoms with Gasteiger partial charge in [0.1, 0.15) is 11.7 Å². The normalized spacial score (nSPS) is 16.3. The van der Waals surface area contributed by atoms with Crippen LogP contribution in [0.25, 0.3) is 11.3 Å². The number of nitrogens with one attached hydrogen (secondary N) is 3. The lowest BCUT2D eigenvalue weighted by Gasteiger charge is -2.23. The van der Waals surface area contributed by atoms with Gasteiger partial charge in [-0.2, -0.15) is 10.2 Å². The third kappa shape index (κ3) is 3.62. The molecular weight excluding hydrogens is 362 g/mol. The molecule has 3 heterocycles. The van der Waals surface area contributed by atoms with E-state index in [9.17, 15) is 14.4 Å². The summed E-state index contributed by atoms with van der Waals surface area (Å²) >= 11 is 0. The molecule has 10 heteroatoms. The fraction of sp³-hybridized carbons (Fsp3) is 0.500. The van der Waals surface area contributed by atoms with Gasteiger partial charge in [-0.15, -0.1) is 0 Å². The zero-order valence-corrected chi connectivity index (χ0v) is 16.5. The Labute approximate surface area is 162 Å². The Kier molecular flexibility index (Phi) is 5.48. The van der Waals surface area contributed by atoms with E-state index in [1.54, 1.807) is 17.8 Å². The Morgan fingerprint density at radius 2 is 2.07 bits per heavy atom. The van der Waals surface area contributed by atoms with Gasteiger partial charge in [0.25, 0.3) is 5.91 Å². The molecule has 1 atom stereocenters. The highest BCUT2D eigenvalue weighted by molar-refractivity contribution is 5.96. The van der Waals surface area contributed by atoms with Crippen LogP contribution in [0.4, 0.5) is 0 Å². The van der Waals surface area contributed by atoms with Crippen molar-refractivity contribution >= 4 is 17.7 Å². The number of likely N-dealkylation sites (tertiary alicyclic amines) is 1. The Bertz CT molecular complexity index is 914. The van der Waals surface area contributed by atoms with Crippen LogP contribution in [0.3, 0.4) is 0 Å². The summed E-state index contributed by atoms with van der Waals surface area (Å²) in [6.45, 7) is 4.15. The maximum Gasteiger partial charge on any atom is 0.269 e. The van der Waals surface area contributed by atoms with Crippen molar-refractivity contribution in [2.24, 2.45) is 7.05 Å². The first-order valence-electron chi connectivity index (χ1n) is 9.18. The van der Waals surface area contributed by atoms with Gasteiger partial charge in [0, 0.05) is 31.9 Å². The molecule has 2 aromatic rings. The summed E-state index contributed by atoms with van der Waals surface area (Å²) in [6, 6.07) is 1.17. The van der Waals surface area contributed by atoms with Crippen molar-refractivity contribution in [1.82, 2.24) is 35.5 Å². The molecular formula is C18H25N7O3. The first kappa shape index (κ1) is 19.6. The number of carbonyl (C=O) groups is 3. The van der Waals surface area contributed by atoms with Crippen molar-refractivity contribution in [1.29, 1.82) is 0 Å². The number of hydrogen-bond donors (Lipinski definition) is 3. The number of nitrogens with zero attached hydrogens (tertiary/aromatic N) is 4. The third-order valence-electron chi connectivity index (χ3n) is 5.11. The van der Waals surface area contributed by atoms with Crippen LogP contribution >= 0.6 is 0 Å². The van der Waals surface area contributed by atoms with Crippen LogP contribution in [0.2, 0.25) is 0 Å². The molecule has 10 nitrogen and oxygen atoms in total. The SMILES string of the molecule is CNC(=O)C1CCCN1C(=O)CNC(=O)c1cc(-c2c(C)nn(C)c2C)n[nH]1. The smallest absolute Gasteiger partial charge is 0.269 e. The average molecular weight is 387 g/mol. The van der Waals surface area contributed by atoms with E-state index in [1.807, 2.05) is 20.9 Å². The van der Waals surface area contributed by atoms with Crippen LogP contribution < -0.4 is 10.6 Å². The predicted molar refractivity (Wildman–Crippen MR) is 101 cm³/mol.